The Hall–Kier alpha value is -1.73. The lowest BCUT2D eigenvalue weighted by molar-refractivity contribution is -0.122. The van der Waals surface area contributed by atoms with Gasteiger partial charge in [0, 0.05) is 29.8 Å². The van der Waals surface area contributed by atoms with Gasteiger partial charge in [0.25, 0.3) is 5.56 Å². The van der Waals surface area contributed by atoms with E-state index in [0.717, 1.165) is 41.0 Å². The van der Waals surface area contributed by atoms with Gasteiger partial charge in [0.1, 0.15) is 10.7 Å². The quantitative estimate of drug-likeness (QED) is 0.786. The first-order valence-corrected chi connectivity index (χ1v) is 9.29. The fraction of sp³-hybridized carbons (Fsp3) is 0.588. The standard InChI is InChI=1S/C17H24N4O2S/c1-9-10(2)24-17-15(9)16(23)20-13(21-17)7-8-14(22)19-12-5-3-11(18)4-6-12/h11-12H,3-8,18H2,1-2H3,(H,19,22)(H,20,21,23). The molecule has 1 saturated carbocycles. The highest BCUT2D eigenvalue weighted by atomic mass is 32.1. The zero-order valence-corrected chi connectivity index (χ0v) is 15.0. The summed E-state index contributed by atoms with van der Waals surface area (Å²) in [4.78, 5) is 33.5. The fourth-order valence-electron chi connectivity index (χ4n) is 3.21. The summed E-state index contributed by atoms with van der Waals surface area (Å²) in [6.45, 7) is 3.93. The summed E-state index contributed by atoms with van der Waals surface area (Å²) in [6, 6.07) is 0.506. The molecule has 1 amide bonds. The first-order valence-electron chi connectivity index (χ1n) is 8.48. The van der Waals surface area contributed by atoms with Crippen LogP contribution in [0.1, 0.15) is 48.4 Å². The molecular weight excluding hydrogens is 324 g/mol. The molecule has 2 aromatic rings. The third-order valence-electron chi connectivity index (χ3n) is 4.81. The molecule has 1 aliphatic carbocycles. The van der Waals surface area contributed by atoms with Crippen molar-refractivity contribution in [2.75, 3.05) is 0 Å². The number of nitrogens with zero attached hydrogens (tertiary/aromatic N) is 1. The Morgan fingerprint density at radius 1 is 1.33 bits per heavy atom. The Labute approximate surface area is 144 Å². The zero-order chi connectivity index (χ0) is 17.3. The van der Waals surface area contributed by atoms with Gasteiger partial charge in [-0.25, -0.2) is 4.98 Å². The lowest BCUT2D eigenvalue weighted by atomic mass is 9.92. The van der Waals surface area contributed by atoms with Crippen LogP contribution in [-0.4, -0.2) is 28.0 Å². The molecule has 24 heavy (non-hydrogen) atoms. The molecule has 0 saturated heterocycles. The molecule has 0 radical (unpaired) electrons. The first kappa shape index (κ1) is 17.1. The predicted molar refractivity (Wildman–Crippen MR) is 96.4 cm³/mol. The molecule has 0 spiro atoms. The van der Waals surface area contributed by atoms with Crippen LogP contribution in [0, 0.1) is 13.8 Å². The summed E-state index contributed by atoms with van der Waals surface area (Å²) < 4.78 is 0. The Bertz CT molecular complexity index is 803. The van der Waals surface area contributed by atoms with E-state index in [1.165, 1.54) is 11.3 Å². The van der Waals surface area contributed by atoms with E-state index >= 15 is 0 Å². The highest BCUT2D eigenvalue weighted by Crippen LogP contribution is 2.25. The molecule has 1 aliphatic rings. The lowest BCUT2D eigenvalue weighted by Gasteiger charge is -2.26. The molecule has 7 heteroatoms. The molecule has 6 nitrogen and oxygen atoms in total. The largest absolute Gasteiger partial charge is 0.353 e. The zero-order valence-electron chi connectivity index (χ0n) is 14.1. The van der Waals surface area contributed by atoms with Gasteiger partial charge in [-0.15, -0.1) is 11.3 Å². The number of rotatable bonds is 4. The summed E-state index contributed by atoms with van der Waals surface area (Å²) in [5.74, 6) is 0.589. The maximum absolute atomic E-state index is 12.2. The molecule has 0 bridgehead atoms. The van der Waals surface area contributed by atoms with Crippen LogP contribution in [0.2, 0.25) is 0 Å². The summed E-state index contributed by atoms with van der Waals surface area (Å²) in [5.41, 5.74) is 6.76. The summed E-state index contributed by atoms with van der Waals surface area (Å²) >= 11 is 1.53. The molecule has 130 valence electrons. The number of aryl methyl sites for hydroxylation is 3. The second kappa shape index (κ2) is 7.03. The SMILES string of the molecule is Cc1sc2nc(CCC(=O)NC3CCC(N)CC3)[nH]c(=O)c2c1C. The van der Waals surface area contributed by atoms with Crippen molar-refractivity contribution in [3.63, 3.8) is 0 Å². The lowest BCUT2D eigenvalue weighted by Crippen LogP contribution is -2.40. The number of aromatic amines is 1. The number of H-pyrrole nitrogens is 1. The van der Waals surface area contributed by atoms with Gasteiger partial charge < -0.3 is 16.0 Å². The number of carbonyl (C=O) groups is 1. The molecular formula is C17H24N4O2S. The minimum absolute atomic E-state index is 0.0109. The maximum atomic E-state index is 12.2. The Morgan fingerprint density at radius 3 is 2.75 bits per heavy atom. The molecule has 2 aromatic heterocycles. The second-order valence-electron chi connectivity index (χ2n) is 6.66. The van der Waals surface area contributed by atoms with Crippen LogP contribution < -0.4 is 16.6 Å². The van der Waals surface area contributed by atoms with Crippen LogP contribution in [-0.2, 0) is 11.2 Å². The summed E-state index contributed by atoms with van der Waals surface area (Å²) in [5, 5.41) is 3.73. The highest BCUT2D eigenvalue weighted by molar-refractivity contribution is 7.18. The number of nitrogens with one attached hydrogen (secondary N) is 2. The monoisotopic (exact) mass is 348 g/mol. The van der Waals surface area contributed by atoms with Crippen molar-refractivity contribution >= 4 is 27.5 Å². The molecule has 0 atom stereocenters. The molecule has 0 unspecified atom stereocenters. The fourth-order valence-corrected chi connectivity index (χ4v) is 4.26. The van der Waals surface area contributed by atoms with Crippen LogP contribution in [0.15, 0.2) is 4.79 Å². The molecule has 0 aromatic carbocycles. The number of aromatic nitrogens is 2. The average Bonchev–Trinajstić information content (AvgIpc) is 2.82. The van der Waals surface area contributed by atoms with Crippen LogP contribution in [0.3, 0.4) is 0 Å². The van der Waals surface area contributed by atoms with Crippen LogP contribution in [0.5, 0.6) is 0 Å². The Morgan fingerprint density at radius 2 is 2.04 bits per heavy atom. The van der Waals surface area contributed by atoms with Gasteiger partial charge in [-0.3, -0.25) is 9.59 Å². The first-order chi connectivity index (χ1) is 11.4. The Kier molecular flexibility index (Phi) is 5.01. The van der Waals surface area contributed by atoms with Crippen LogP contribution in [0.4, 0.5) is 0 Å². The Balaban J connectivity index is 1.61. The van der Waals surface area contributed by atoms with Gasteiger partial charge in [0.15, 0.2) is 0 Å². The molecule has 1 fully saturated rings. The molecule has 4 N–H and O–H groups in total. The maximum Gasteiger partial charge on any atom is 0.259 e. The topological polar surface area (TPSA) is 101 Å². The van der Waals surface area contributed by atoms with E-state index in [4.69, 9.17) is 5.73 Å². The van der Waals surface area contributed by atoms with E-state index in [2.05, 4.69) is 15.3 Å². The van der Waals surface area contributed by atoms with E-state index in [1.807, 2.05) is 13.8 Å². The van der Waals surface area contributed by atoms with E-state index in [0.29, 0.717) is 24.1 Å². The predicted octanol–water partition coefficient (Wildman–Crippen LogP) is 1.92. The van der Waals surface area contributed by atoms with Gasteiger partial charge >= 0.3 is 0 Å². The molecule has 3 rings (SSSR count). The molecule has 0 aliphatic heterocycles. The summed E-state index contributed by atoms with van der Waals surface area (Å²) in [6.07, 6.45) is 4.60. The molecule has 2 heterocycles. The normalized spacial score (nSPS) is 21.1. The van der Waals surface area contributed by atoms with Crippen LogP contribution in [0.25, 0.3) is 10.2 Å². The second-order valence-corrected chi connectivity index (χ2v) is 7.86. The van der Waals surface area contributed by atoms with Crippen molar-refractivity contribution in [1.29, 1.82) is 0 Å². The third kappa shape index (κ3) is 3.67. The van der Waals surface area contributed by atoms with Crippen molar-refractivity contribution in [3.8, 4) is 0 Å². The van der Waals surface area contributed by atoms with Gasteiger partial charge in [-0.05, 0) is 45.1 Å². The van der Waals surface area contributed by atoms with Crippen molar-refractivity contribution in [1.82, 2.24) is 15.3 Å². The highest BCUT2D eigenvalue weighted by Gasteiger charge is 2.20. The van der Waals surface area contributed by atoms with E-state index in [1.54, 1.807) is 0 Å². The van der Waals surface area contributed by atoms with Crippen molar-refractivity contribution < 1.29 is 4.79 Å². The third-order valence-corrected chi connectivity index (χ3v) is 5.92. The smallest absolute Gasteiger partial charge is 0.259 e. The number of amides is 1. The van der Waals surface area contributed by atoms with Gasteiger partial charge in [0.05, 0.1) is 5.39 Å². The number of nitrogens with two attached hydrogens (primary N) is 1. The van der Waals surface area contributed by atoms with Gasteiger partial charge in [0.2, 0.25) is 5.91 Å². The minimum atomic E-state index is -0.112. The van der Waals surface area contributed by atoms with E-state index in [-0.39, 0.29) is 23.6 Å². The number of hydrogen-bond acceptors (Lipinski definition) is 5. The average molecular weight is 348 g/mol. The van der Waals surface area contributed by atoms with Crippen molar-refractivity contribution in [2.45, 2.75) is 64.5 Å². The number of thiophene rings is 1. The van der Waals surface area contributed by atoms with Crippen molar-refractivity contribution in [2.24, 2.45) is 5.73 Å². The number of fused-ring (bicyclic) bond motifs is 1. The van der Waals surface area contributed by atoms with E-state index < -0.39 is 0 Å². The van der Waals surface area contributed by atoms with E-state index in [9.17, 15) is 9.59 Å². The van der Waals surface area contributed by atoms with Crippen molar-refractivity contribution in [3.05, 3.63) is 26.6 Å². The number of carbonyl (C=O) groups excluding carboxylic acids is 1. The van der Waals surface area contributed by atoms with Gasteiger partial charge in [-0.2, -0.15) is 0 Å². The van der Waals surface area contributed by atoms with Crippen LogP contribution >= 0.6 is 11.3 Å². The van der Waals surface area contributed by atoms with Gasteiger partial charge in [-0.1, -0.05) is 0 Å². The minimum Gasteiger partial charge on any atom is -0.353 e. The summed E-state index contributed by atoms with van der Waals surface area (Å²) in [7, 11) is 0. The number of hydrogen-bond donors (Lipinski definition) is 3.